The molecule has 1 saturated carbocycles. The predicted molar refractivity (Wildman–Crippen MR) is 121 cm³/mol. The summed E-state index contributed by atoms with van der Waals surface area (Å²) in [5, 5.41) is 0. The van der Waals surface area contributed by atoms with Gasteiger partial charge in [0.2, 0.25) is 0 Å². The van der Waals surface area contributed by atoms with Crippen molar-refractivity contribution < 1.29 is 28.6 Å². The maximum absolute atomic E-state index is 12.9. The van der Waals surface area contributed by atoms with Gasteiger partial charge < -0.3 is 14.2 Å². The Hall–Kier alpha value is -2.41. The number of methoxy groups -OCH3 is 1. The van der Waals surface area contributed by atoms with Crippen LogP contribution in [0.5, 0.6) is 0 Å². The molecular formula is C24H34O6Si. The second kappa shape index (κ2) is 10.8. The Labute approximate surface area is 186 Å². The zero-order valence-electron chi connectivity index (χ0n) is 19.2. The lowest BCUT2D eigenvalue weighted by Gasteiger charge is -2.24. The van der Waals surface area contributed by atoms with E-state index in [1.54, 1.807) is 13.8 Å². The molecule has 31 heavy (non-hydrogen) atoms. The zero-order valence-corrected chi connectivity index (χ0v) is 20.2. The van der Waals surface area contributed by atoms with Gasteiger partial charge in [-0.15, -0.1) is 0 Å². The van der Waals surface area contributed by atoms with Crippen molar-refractivity contribution in [2.75, 3.05) is 20.3 Å². The SMILES string of the molecule is CCOC(=O)C1(C(=O)OCC)C/C(=C/[Si](C)(C)Cc2ccccc2)C(CC(=O)OC)C1. The number of hydrogen-bond donors (Lipinski definition) is 0. The number of rotatable bonds is 9. The lowest BCUT2D eigenvalue weighted by molar-refractivity contribution is -0.172. The van der Waals surface area contributed by atoms with Crippen LogP contribution >= 0.6 is 0 Å². The van der Waals surface area contributed by atoms with Crippen LogP contribution in [0, 0.1) is 11.3 Å². The normalized spacial score (nSPS) is 19.1. The molecule has 1 fully saturated rings. The summed E-state index contributed by atoms with van der Waals surface area (Å²) in [6.45, 7) is 8.27. The minimum atomic E-state index is -1.90. The van der Waals surface area contributed by atoms with Crippen molar-refractivity contribution >= 4 is 26.0 Å². The Morgan fingerprint density at radius 3 is 2.16 bits per heavy atom. The summed E-state index contributed by atoms with van der Waals surface area (Å²) in [7, 11) is -0.554. The van der Waals surface area contributed by atoms with E-state index in [1.165, 1.54) is 12.7 Å². The fraction of sp³-hybridized carbons (Fsp3) is 0.542. The summed E-state index contributed by atoms with van der Waals surface area (Å²) in [6, 6.07) is 11.2. The van der Waals surface area contributed by atoms with E-state index in [4.69, 9.17) is 14.2 Å². The number of allylic oxidation sites excluding steroid dienone is 1. The van der Waals surface area contributed by atoms with Crippen LogP contribution in [0.15, 0.2) is 41.6 Å². The number of benzene rings is 1. The predicted octanol–water partition coefficient (Wildman–Crippen LogP) is 4.03. The molecule has 1 aliphatic rings. The van der Waals surface area contributed by atoms with Gasteiger partial charge in [0.15, 0.2) is 5.41 Å². The van der Waals surface area contributed by atoms with Crippen molar-refractivity contribution in [2.45, 2.75) is 52.2 Å². The Kier molecular flexibility index (Phi) is 8.62. The quantitative estimate of drug-likeness (QED) is 0.247. The molecule has 1 aromatic rings. The highest BCUT2D eigenvalue weighted by atomic mass is 28.3. The molecule has 0 aliphatic heterocycles. The molecule has 1 atom stereocenters. The lowest BCUT2D eigenvalue weighted by atomic mass is 9.84. The summed E-state index contributed by atoms with van der Waals surface area (Å²) in [4.78, 5) is 38.0. The summed E-state index contributed by atoms with van der Waals surface area (Å²) in [5.41, 5.74) is 3.04. The van der Waals surface area contributed by atoms with Crippen molar-refractivity contribution in [3.63, 3.8) is 0 Å². The van der Waals surface area contributed by atoms with Gasteiger partial charge in [-0.3, -0.25) is 14.4 Å². The van der Waals surface area contributed by atoms with E-state index in [0.29, 0.717) is 0 Å². The first-order chi connectivity index (χ1) is 14.7. The van der Waals surface area contributed by atoms with Gasteiger partial charge in [0, 0.05) is 0 Å². The van der Waals surface area contributed by atoms with Gasteiger partial charge in [0.1, 0.15) is 0 Å². The first kappa shape index (κ1) is 24.9. The largest absolute Gasteiger partial charge is 0.469 e. The van der Waals surface area contributed by atoms with E-state index in [1.807, 2.05) is 18.2 Å². The molecular weight excluding hydrogens is 412 g/mol. The van der Waals surface area contributed by atoms with Gasteiger partial charge >= 0.3 is 17.9 Å². The Bertz CT molecular complexity index is 797. The highest BCUT2D eigenvalue weighted by molar-refractivity contribution is 6.81. The van der Waals surface area contributed by atoms with Gasteiger partial charge in [0.05, 0.1) is 34.8 Å². The van der Waals surface area contributed by atoms with E-state index in [0.717, 1.165) is 11.6 Å². The molecule has 0 aromatic heterocycles. The average molecular weight is 447 g/mol. The van der Waals surface area contributed by atoms with Crippen LogP contribution in [0.1, 0.15) is 38.7 Å². The van der Waals surface area contributed by atoms with Crippen LogP contribution in [0.2, 0.25) is 13.1 Å². The Balaban J connectivity index is 2.43. The molecule has 1 aliphatic carbocycles. The number of ether oxygens (including phenoxy) is 3. The molecule has 0 saturated heterocycles. The molecule has 0 bridgehead atoms. The van der Waals surface area contributed by atoms with Crippen molar-refractivity contribution in [1.29, 1.82) is 0 Å². The summed E-state index contributed by atoms with van der Waals surface area (Å²) < 4.78 is 15.4. The fourth-order valence-corrected chi connectivity index (χ4v) is 7.11. The van der Waals surface area contributed by atoms with E-state index < -0.39 is 25.4 Å². The lowest BCUT2D eigenvalue weighted by Crippen LogP contribution is -2.40. The summed E-state index contributed by atoms with van der Waals surface area (Å²) in [5.74, 6) is -1.77. The van der Waals surface area contributed by atoms with Crippen LogP contribution in [-0.4, -0.2) is 46.3 Å². The molecule has 1 unspecified atom stereocenters. The van der Waals surface area contributed by atoms with Gasteiger partial charge in [-0.05, 0) is 38.7 Å². The first-order valence-corrected chi connectivity index (χ1v) is 14.1. The minimum Gasteiger partial charge on any atom is -0.469 e. The maximum atomic E-state index is 12.9. The monoisotopic (exact) mass is 446 g/mol. The molecule has 0 amide bonds. The molecule has 0 radical (unpaired) electrons. The highest BCUT2D eigenvalue weighted by Crippen LogP contribution is 2.49. The van der Waals surface area contributed by atoms with Gasteiger partial charge in [-0.25, -0.2) is 0 Å². The third-order valence-corrected chi connectivity index (χ3v) is 8.15. The van der Waals surface area contributed by atoms with Crippen LogP contribution in [0.4, 0.5) is 0 Å². The molecule has 0 N–H and O–H groups in total. The molecule has 0 spiro atoms. The molecule has 1 aromatic carbocycles. The van der Waals surface area contributed by atoms with Gasteiger partial charge in [-0.1, -0.05) is 60.3 Å². The maximum Gasteiger partial charge on any atom is 0.323 e. The smallest absolute Gasteiger partial charge is 0.323 e. The second-order valence-electron chi connectivity index (χ2n) is 8.75. The molecule has 0 heterocycles. The van der Waals surface area contributed by atoms with Crippen LogP contribution in [-0.2, 0) is 34.6 Å². The standard InChI is InChI=1S/C24H34O6Si/c1-6-29-22(26)24(23(27)30-7-2)14-19(13-21(25)28-3)20(15-24)17-31(4,5)16-18-11-9-8-10-12-18/h8-12,17,19H,6-7,13-16H2,1-5H3/b20-17-. The van der Waals surface area contributed by atoms with Crippen molar-refractivity contribution in [3.05, 3.63) is 47.2 Å². The fourth-order valence-electron chi connectivity index (χ4n) is 4.38. The van der Waals surface area contributed by atoms with E-state index in [9.17, 15) is 14.4 Å². The van der Waals surface area contributed by atoms with Gasteiger partial charge in [0.25, 0.3) is 0 Å². The molecule has 2 rings (SSSR count). The van der Waals surface area contributed by atoms with Crippen molar-refractivity contribution in [1.82, 2.24) is 0 Å². The van der Waals surface area contributed by atoms with Gasteiger partial charge in [-0.2, -0.15) is 0 Å². The summed E-state index contributed by atoms with van der Waals surface area (Å²) >= 11 is 0. The van der Waals surface area contributed by atoms with Crippen LogP contribution in [0.3, 0.4) is 0 Å². The number of carbonyl (C=O) groups excluding carboxylic acids is 3. The minimum absolute atomic E-state index is 0.124. The summed E-state index contributed by atoms with van der Waals surface area (Å²) in [6.07, 6.45) is 0.539. The average Bonchev–Trinajstić information content (AvgIpc) is 3.07. The van der Waals surface area contributed by atoms with Crippen LogP contribution in [0.25, 0.3) is 0 Å². The van der Waals surface area contributed by atoms with E-state index in [2.05, 4.69) is 30.9 Å². The highest BCUT2D eigenvalue weighted by Gasteiger charge is 2.56. The topological polar surface area (TPSA) is 78.9 Å². The second-order valence-corrected chi connectivity index (χ2v) is 13.4. The Morgan fingerprint density at radius 1 is 1.06 bits per heavy atom. The molecule has 6 nitrogen and oxygen atoms in total. The third-order valence-electron chi connectivity index (χ3n) is 5.68. The van der Waals surface area contributed by atoms with Crippen molar-refractivity contribution in [2.24, 2.45) is 11.3 Å². The van der Waals surface area contributed by atoms with Crippen molar-refractivity contribution in [3.8, 4) is 0 Å². The number of esters is 3. The third kappa shape index (κ3) is 6.29. The number of hydrogen-bond acceptors (Lipinski definition) is 6. The number of carbonyl (C=O) groups is 3. The van der Waals surface area contributed by atoms with E-state index >= 15 is 0 Å². The van der Waals surface area contributed by atoms with Crippen LogP contribution < -0.4 is 0 Å². The first-order valence-electron chi connectivity index (χ1n) is 10.8. The van der Waals surface area contributed by atoms with E-state index in [-0.39, 0.29) is 44.4 Å². The zero-order chi connectivity index (χ0) is 23.1. The molecule has 7 heteroatoms. The Morgan fingerprint density at radius 2 is 1.65 bits per heavy atom. The molecule has 170 valence electrons.